The van der Waals surface area contributed by atoms with Crippen molar-refractivity contribution in [2.45, 2.75) is 38.9 Å². The quantitative estimate of drug-likeness (QED) is 0.830. The molecule has 8 heteroatoms. The number of rotatable bonds is 5. The van der Waals surface area contributed by atoms with Gasteiger partial charge >= 0.3 is 12.1 Å². The number of likely N-dealkylation sites (tertiary alicyclic amines) is 1. The highest BCUT2D eigenvalue weighted by atomic mass is 19.4. The number of nitrogens with one attached hydrogen (secondary N) is 1. The van der Waals surface area contributed by atoms with Crippen molar-refractivity contribution in [1.29, 1.82) is 0 Å². The number of aliphatic carboxylic acids is 1. The Bertz CT molecular complexity index is 809. The molecule has 1 aromatic heterocycles. The maximum Gasteiger partial charge on any atom is 0.416 e. The highest BCUT2D eigenvalue weighted by Gasteiger charge is 2.43. The first-order valence-corrected chi connectivity index (χ1v) is 8.81. The predicted molar refractivity (Wildman–Crippen MR) is 93.1 cm³/mol. The molecule has 0 atom stereocenters. The normalized spacial score (nSPS) is 17.8. The van der Waals surface area contributed by atoms with Gasteiger partial charge in [0, 0.05) is 12.2 Å². The maximum absolute atomic E-state index is 13.3. The van der Waals surface area contributed by atoms with Crippen LogP contribution >= 0.6 is 0 Å². The molecule has 0 unspecified atom stereocenters. The van der Waals surface area contributed by atoms with E-state index < -0.39 is 23.1 Å². The zero-order valence-electron chi connectivity index (χ0n) is 15.0. The van der Waals surface area contributed by atoms with Crippen LogP contribution in [0.1, 0.15) is 35.4 Å². The van der Waals surface area contributed by atoms with Crippen LogP contribution < -0.4 is 0 Å². The van der Waals surface area contributed by atoms with Gasteiger partial charge in [-0.25, -0.2) is 4.98 Å². The van der Waals surface area contributed by atoms with E-state index in [1.165, 1.54) is 18.2 Å². The third-order valence-corrected chi connectivity index (χ3v) is 5.43. The lowest BCUT2D eigenvalue weighted by atomic mass is 9.73. The molecule has 1 saturated heterocycles. The third kappa shape index (κ3) is 4.16. The molecule has 0 saturated carbocycles. The van der Waals surface area contributed by atoms with Crippen LogP contribution in [0.25, 0.3) is 0 Å². The van der Waals surface area contributed by atoms with E-state index in [0.717, 1.165) is 17.5 Å². The number of aromatic amines is 1. The topological polar surface area (TPSA) is 69.2 Å². The lowest BCUT2D eigenvalue weighted by molar-refractivity contribution is -0.153. The van der Waals surface area contributed by atoms with Gasteiger partial charge in [0.05, 0.1) is 23.0 Å². The minimum Gasteiger partial charge on any atom is -0.481 e. The zero-order valence-corrected chi connectivity index (χ0v) is 15.0. The van der Waals surface area contributed by atoms with Gasteiger partial charge < -0.3 is 10.1 Å². The number of nitrogens with zero attached hydrogens (tertiary/aromatic N) is 2. The van der Waals surface area contributed by atoms with Crippen LogP contribution in [0, 0.1) is 12.3 Å². The van der Waals surface area contributed by atoms with Crippen LogP contribution in [-0.4, -0.2) is 39.0 Å². The average Bonchev–Trinajstić information content (AvgIpc) is 3.01. The number of carbonyl (C=O) groups is 1. The summed E-state index contributed by atoms with van der Waals surface area (Å²) in [6.45, 7) is 3.53. The molecule has 2 heterocycles. The molecule has 146 valence electrons. The molecule has 0 aliphatic carbocycles. The number of aromatic nitrogens is 2. The highest BCUT2D eigenvalue weighted by molar-refractivity contribution is 5.75. The van der Waals surface area contributed by atoms with E-state index in [9.17, 15) is 23.1 Å². The Kier molecular flexibility index (Phi) is 5.28. The Morgan fingerprint density at radius 3 is 2.52 bits per heavy atom. The number of piperidine rings is 1. The summed E-state index contributed by atoms with van der Waals surface area (Å²) in [6.07, 6.45) is -2.39. The molecule has 2 aromatic rings. The number of halogens is 3. The van der Waals surface area contributed by atoms with Crippen molar-refractivity contribution in [3.05, 3.63) is 53.1 Å². The lowest BCUT2D eigenvalue weighted by Gasteiger charge is -2.39. The number of H-pyrrole nitrogens is 1. The fourth-order valence-corrected chi connectivity index (χ4v) is 3.68. The lowest BCUT2D eigenvalue weighted by Crippen LogP contribution is -2.45. The van der Waals surface area contributed by atoms with Crippen molar-refractivity contribution in [1.82, 2.24) is 14.9 Å². The summed E-state index contributed by atoms with van der Waals surface area (Å²) < 4.78 is 39.8. The minimum atomic E-state index is -4.49. The molecule has 1 aromatic carbocycles. The first-order chi connectivity index (χ1) is 12.7. The number of benzene rings is 1. The standard InChI is InChI=1S/C19H22F3N3O2/c1-13-16(24-12-23-13)11-25-8-6-18(7-9-25,17(26)27)10-14-4-2-3-5-15(14)19(20,21)22/h2-5,12H,6-11H2,1H3,(H,23,24)(H,26,27). The monoisotopic (exact) mass is 381 g/mol. The summed E-state index contributed by atoms with van der Waals surface area (Å²) in [4.78, 5) is 21.4. The number of alkyl halides is 3. The van der Waals surface area contributed by atoms with Crippen molar-refractivity contribution in [2.24, 2.45) is 5.41 Å². The summed E-state index contributed by atoms with van der Waals surface area (Å²) in [5.74, 6) is -1.03. The van der Waals surface area contributed by atoms with E-state index >= 15 is 0 Å². The molecule has 0 spiro atoms. The Labute approximate surface area is 155 Å². The zero-order chi connectivity index (χ0) is 19.7. The Hall–Kier alpha value is -2.35. The van der Waals surface area contributed by atoms with Crippen molar-refractivity contribution in [3.63, 3.8) is 0 Å². The summed E-state index contributed by atoms with van der Waals surface area (Å²) in [5, 5.41) is 9.81. The second-order valence-electron chi connectivity index (χ2n) is 7.17. The largest absolute Gasteiger partial charge is 0.481 e. The number of aryl methyl sites for hydroxylation is 1. The van der Waals surface area contributed by atoms with E-state index in [1.54, 1.807) is 6.33 Å². The number of hydrogen-bond acceptors (Lipinski definition) is 3. The van der Waals surface area contributed by atoms with E-state index in [1.807, 2.05) is 6.92 Å². The SMILES string of the molecule is Cc1[nH]cnc1CN1CCC(Cc2ccccc2C(F)(F)F)(C(=O)O)CC1. The molecular formula is C19H22F3N3O2. The van der Waals surface area contributed by atoms with Gasteiger partial charge in [-0.1, -0.05) is 18.2 Å². The van der Waals surface area contributed by atoms with Crippen LogP contribution in [0.15, 0.2) is 30.6 Å². The fraction of sp³-hybridized carbons (Fsp3) is 0.474. The Morgan fingerprint density at radius 2 is 1.96 bits per heavy atom. The van der Waals surface area contributed by atoms with Gasteiger partial charge in [0.2, 0.25) is 0 Å². The number of hydrogen-bond donors (Lipinski definition) is 2. The van der Waals surface area contributed by atoms with Gasteiger partial charge in [-0.05, 0) is 50.9 Å². The fourth-order valence-electron chi connectivity index (χ4n) is 3.68. The number of imidazole rings is 1. The molecule has 1 aliphatic rings. The Balaban J connectivity index is 1.76. The van der Waals surface area contributed by atoms with Crippen LogP contribution in [0.3, 0.4) is 0 Å². The smallest absolute Gasteiger partial charge is 0.416 e. The summed E-state index contributed by atoms with van der Waals surface area (Å²) in [6, 6.07) is 5.25. The van der Waals surface area contributed by atoms with E-state index in [-0.39, 0.29) is 12.0 Å². The molecule has 3 rings (SSSR count). The van der Waals surface area contributed by atoms with Gasteiger partial charge in [-0.15, -0.1) is 0 Å². The molecule has 0 bridgehead atoms. The molecular weight excluding hydrogens is 359 g/mol. The highest BCUT2D eigenvalue weighted by Crippen LogP contribution is 2.40. The summed E-state index contributed by atoms with van der Waals surface area (Å²) in [7, 11) is 0. The van der Waals surface area contributed by atoms with Crippen molar-refractivity contribution >= 4 is 5.97 Å². The molecule has 0 radical (unpaired) electrons. The van der Waals surface area contributed by atoms with Crippen molar-refractivity contribution < 1.29 is 23.1 Å². The number of carboxylic acid groups (broad SMARTS) is 1. The van der Waals surface area contributed by atoms with E-state index in [2.05, 4.69) is 14.9 Å². The van der Waals surface area contributed by atoms with E-state index in [4.69, 9.17) is 0 Å². The van der Waals surface area contributed by atoms with Crippen LogP contribution in [-0.2, 0) is 23.9 Å². The maximum atomic E-state index is 13.3. The van der Waals surface area contributed by atoms with Gasteiger partial charge in [-0.2, -0.15) is 13.2 Å². The molecule has 27 heavy (non-hydrogen) atoms. The van der Waals surface area contributed by atoms with Gasteiger partial charge in [-0.3, -0.25) is 9.69 Å². The van der Waals surface area contributed by atoms with Crippen LogP contribution in [0.2, 0.25) is 0 Å². The van der Waals surface area contributed by atoms with E-state index in [0.29, 0.717) is 32.5 Å². The first kappa shape index (κ1) is 19.4. The molecule has 5 nitrogen and oxygen atoms in total. The molecule has 1 aliphatic heterocycles. The second kappa shape index (κ2) is 7.34. The molecule has 0 amide bonds. The summed E-state index contributed by atoms with van der Waals surface area (Å²) in [5.41, 5.74) is -0.0213. The molecule has 1 fully saturated rings. The first-order valence-electron chi connectivity index (χ1n) is 8.81. The van der Waals surface area contributed by atoms with Crippen molar-refractivity contribution in [2.75, 3.05) is 13.1 Å². The van der Waals surface area contributed by atoms with Gasteiger partial charge in [0.1, 0.15) is 0 Å². The Morgan fingerprint density at radius 1 is 1.30 bits per heavy atom. The van der Waals surface area contributed by atoms with Gasteiger partial charge in [0.25, 0.3) is 0 Å². The third-order valence-electron chi connectivity index (χ3n) is 5.43. The van der Waals surface area contributed by atoms with Crippen LogP contribution in [0.4, 0.5) is 13.2 Å². The molecule has 2 N–H and O–H groups in total. The average molecular weight is 381 g/mol. The minimum absolute atomic E-state index is 0.0454. The second-order valence-corrected chi connectivity index (χ2v) is 7.17. The van der Waals surface area contributed by atoms with Crippen LogP contribution in [0.5, 0.6) is 0 Å². The van der Waals surface area contributed by atoms with Gasteiger partial charge in [0.15, 0.2) is 0 Å². The van der Waals surface area contributed by atoms with Crippen molar-refractivity contribution in [3.8, 4) is 0 Å². The number of carboxylic acids is 1. The summed E-state index contributed by atoms with van der Waals surface area (Å²) >= 11 is 0. The predicted octanol–water partition coefficient (Wildman–Crippen LogP) is 3.65.